The zero-order valence-electron chi connectivity index (χ0n) is 7.03. The number of aliphatic hydroxyl groups excluding tert-OH is 1. The Balaban J connectivity index is 0. The molecule has 0 amide bonds. The Morgan fingerprint density at radius 3 is 1.45 bits per heavy atom. The van der Waals surface area contributed by atoms with Crippen molar-refractivity contribution in [1.82, 2.24) is 0 Å². The van der Waals surface area contributed by atoms with Crippen LogP contribution in [0.5, 0.6) is 0 Å². The highest BCUT2D eigenvalue weighted by molar-refractivity contribution is 4.57. The fraction of sp³-hybridized carbons (Fsp3) is 0.500. The molecule has 3 heteroatoms. The van der Waals surface area contributed by atoms with Crippen molar-refractivity contribution >= 4 is 0 Å². The summed E-state index contributed by atoms with van der Waals surface area (Å²) in [5.74, 6) is -0.0370. The maximum atomic E-state index is 8.19. The Hall–Kier alpha value is -0.800. The molecule has 0 rings (SSSR count). The quantitative estimate of drug-likeness (QED) is 0.482. The summed E-state index contributed by atoms with van der Waals surface area (Å²) in [7, 11) is 0. The van der Waals surface area contributed by atoms with E-state index in [1.807, 2.05) is 0 Å². The first-order valence-corrected chi connectivity index (χ1v) is 3.29. The second-order valence-corrected chi connectivity index (χ2v) is 2.13. The van der Waals surface area contributed by atoms with Gasteiger partial charge in [0, 0.05) is 5.92 Å². The van der Waals surface area contributed by atoms with Crippen LogP contribution in [0, 0.1) is 5.92 Å². The standard InChI is InChI=1S/C4H10O2.C4H6O/c1-3(2)4(5)6;1-3-5-4-2/h3-6H,1-2H3;3-4H,1-2H2. The van der Waals surface area contributed by atoms with Crippen LogP contribution in [0.15, 0.2) is 25.7 Å². The van der Waals surface area contributed by atoms with E-state index in [1.54, 1.807) is 13.8 Å². The molecule has 0 saturated carbocycles. The summed E-state index contributed by atoms with van der Waals surface area (Å²) in [6.07, 6.45) is 1.48. The van der Waals surface area contributed by atoms with Crippen LogP contribution in [0.4, 0.5) is 0 Å². The summed E-state index contributed by atoms with van der Waals surface area (Å²) < 4.78 is 4.36. The fourth-order valence-corrected chi connectivity index (χ4v) is 0.0680. The summed E-state index contributed by atoms with van der Waals surface area (Å²) in [6, 6.07) is 0. The molecule has 0 aliphatic carbocycles. The normalized spacial score (nSPS) is 8.55. The van der Waals surface area contributed by atoms with E-state index < -0.39 is 6.29 Å². The summed E-state index contributed by atoms with van der Waals surface area (Å²) in [5, 5.41) is 16.4. The molecule has 0 aromatic heterocycles. The summed E-state index contributed by atoms with van der Waals surface area (Å²) in [4.78, 5) is 0. The molecular formula is C8H16O3. The van der Waals surface area contributed by atoms with Gasteiger partial charge in [-0.15, -0.1) is 0 Å². The minimum Gasteiger partial charge on any atom is -0.474 e. The van der Waals surface area contributed by atoms with Crippen LogP contribution in [0.25, 0.3) is 0 Å². The molecule has 0 aromatic carbocycles. The molecule has 0 aliphatic heterocycles. The molecule has 66 valence electrons. The van der Waals surface area contributed by atoms with Crippen molar-refractivity contribution in [3.63, 3.8) is 0 Å². The monoisotopic (exact) mass is 160 g/mol. The van der Waals surface area contributed by atoms with Gasteiger partial charge in [0.1, 0.15) is 0 Å². The average Bonchev–Trinajstić information content (AvgIpc) is 1.90. The van der Waals surface area contributed by atoms with E-state index in [9.17, 15) is 0 Å². The number of rotatable bonds is 3. The van der Waals surface area contributed by atoms with Crippen molar-refractivity contribution in [1.29, 1.82) is 0 Å². The Bertz CT molecular complexity index is 85.5. The Morgan fingerprint density at radius 2 is 1.45 bits per heavy atom. The molecule has 0 aliphatic rings. The second-order valence-electron chi connectivity index (χ2n) is 2.13. The third-order valence-corrected chi connectivity index (χ3v) is 0.789. The lowest BCUT2D eigenvalue weighted by atomic mass is 10.2. The first kappa shape index (κ1) is 12.8. The molecule has 0 spiro atoms. The van der Waals surface area contributed by atoms with Crippen LogP contribution in [0.2, 0.25) is 0 Å². The molecule has 0 saturated heterocycles. The van der Waals surface area contributed by atoms with Crippen molar-refractivity contribution in [3.8, 4) is 0 Å². The zero-order chi connectivity index (χ0) is 9.28. The highest BCUT2D eigenvalue weighted by Crippen LogP contribution is 1.93. The van der Waals surface area contributed by atoms with Gasteiger partial charge in [0.25, 0.3) is 0 Å². The first-order chi connectivity index (χ1) is 5.06. The molecule has 2 N–H and O–H groups in total. The van der Waals surface area contributed by atoms with E-state index in [2.05, 4.69) is 17.9 Å². The van der Waals surface area contributed by atoms with Crippen molar-refractivity contribution in [2.45, 2.75) is 20.1 Å². The van der Waals surface area contributed by atoms with Gasteiger partial charge < -0.3 is 14.9 Å². The molecule has 0 unspecified atom stereocenters. The zero-order valence-corrected chi connectivity index (χ0v) is 7.03. The van der Waals surface area contributed by atoms with Crippen LogP contribution in [-0.2, 0) is 4.74 Å². The Kier molecular flexibility index (Phi) is 10.7. The molecule has 0 aromatic rings. The molecule has 0 radical (unpaired) electrons. The van der Waals surface area contributed by atoms with E-state index in [4.69, 9.17) is 10.2 Å². The molecule has 0 atom stereocenters. The van der Waals surface area contributed by atoms with Gasteiger partial charge in [0.05, 0.1) is 12.5 Å². The van der Waals surface area contributed by atoms with E-state index in [1.165, 1.54) is 12.5 Å². The largest absolute Gasteiger partial charge is 0.474 e. The van der Waals surface area contributed by atoms with Crippen LogP contribution >= 0.6 is 0 Å². The summed E-state index contributed by atoms with van der Waals surface area (Å²) in [6.45, 7) is 10.00. The van der Waals surface area contributed by atoms with Crippen LogP contribution in [-0.4, -0.2) is 16.5 Å². The topological polar surface area (TPSA) is 49.7 Å². The van der Waals surface area contributed by atoms with Crippen molar-refractivity contribution in [3.05, 3.63) is 25.7 Å². The van der Waals surface area contributed by atoms with Gasteiger partial charge in [0.15, 0.2) is 6.29 Å². The molecule has 11 heavy (non-hydrogen) atoms. The van der Waals surface area contributed by atoms with Gasteiger partial charge in [0.2, 0.25) is 0 Å². The molecular weight excluding hydrogens is 144 g/mol. The van der Waals surface area contributed by atoms with Crippen LogP contribution < -0.4 is 0 Å². The smallest absolute Gasteiger partial charge is 0.153 e. The minimum atomic E-state index is -1.15. The summed E-state index contributed by atoms with van der Waals surface area (Å²) >= 11 is 0. The van der Waals surface area contributed by atoms with Gasteiger partial charge >= 0.3 is 0 Å². The molecule has 0 heterocycles. The second kappa shape index (κ2) is 9.20. The van der Waals surface area contributed by atoms with Gasteiger partial charge in [-0.25, -0.2) is 0 Å². The van der Waals surface area contributed by atoms with E-state index in [0.717, 1.165) is 0 Å². The SMILES string of the molecule is C=COC=C.CC(C)C(O)O. The lowest BCUT2D eigenvalue weighted by molar-refractivity contribution is -0.0731. The van der Waals surface area contributed by atoms with E-state index in [-0.39, 0.29) is 5.92 Å². The highest BCUT2D eigenvalue weighted by Gasteiger charge is 1.99. The van der Waals surface area contributed by atoms with Crippen molar-refractivity contribution < 1.29 is 14.9 Å². The van der Waals surface area contributed by atoms with Crippen molar-refractivity contribution in [2.75, 3.05) is 0 Å². The fourth-order valence-electron chi connectivity index (χ4n) is 0.0680. The number of aliphatic hydroxyl groups is 2. The van der Waals surface area contributed by atoms with Gasteiger partial charge in [-0.1, -0.05) is 27.0 Å². The minimum absolute atomic E-state index is 0.0370. The van der Waals surface area contributed by atoms with Gasteiger partial charge in [-0.3, -0.25) is 0 Å². The average molecular weight is 160 g/mol. The Morgan fingerprint density at radius 1 is 1.18 bits per heavy atom. The molecule has 0 bridgehead atoms. The van der Waals surface area contributed by atoms with E-state index in [0.29, 0.717) is 0 Å². The maximum Gasteiger partial charge on any atom is 0.153 e. The number of hydrogen-bond acceptors (Lipinski definition) is 3. The molecule has 3 nitrogen and oxygen atoms in total. The van der Waals surface area contributed by atoms with E-state index >= 15 is 0 Å². The third-order valence-electron chi connectivity index (χ3n) is 0.789. The lowest BCUT2D eigenvalue weighted by Crippen LogP contribution is -2.11. The van der Waals surface area contributed by atoms with Crippen molar-refractivity contribution in [2.24, 2.45) is 5.92 Å². The number of hydrogen-bond donors (Lipinski definition) is 2. The first-order valence-electron chi connectivity index (χ1n) is 3.29. The van der Waals surface area contributed by atoms with Crippen LogP contribution in [0.1, 0.15) is 13.8 Å². The Labute approximate surface area is 67.6 Å². The van der Waals surface area contributed by atoms with Gasteiger partial charge in [-0.05, 0) is 0 Å². The summed E-state index contributed by atoms with van der Waals surface area (Å²) in [5.41, 5.74) is 0. The predicted molar refractivity (Wildman–Crippen MR) is 44.5 cm³/mol. The molecule has 0 fully saturated rings. The lowest BCUT2D eigenvalue weighted by Gasteiger charge is -2.03. The van der Waals surface area contributed by atoms with Gasteiger partial charge in [-0.2, -0.15) is 0 Å². The number of ether oxygens (including phenoxy) is 1. The predicted octanol–water partition coefficient (Wildman–Crippen LogP) is 1.24. The van der Waals surface area contributed by atoms with Crippen LogP contribution in [0.3, 0.4) is 0 Å². The third kappa shape index (κ3) is 17.6. The maximum absolute atomic E-state index is 8.19. The highest BCUT2D eigenvalue weighted by atomic mass is 16.5.